The number of aromatic nitrogens is 2. The van der Waals surface area contributed by atoms with Crippen LogP contribution in [0.3, 0.4) is 0 Å². The zero-order chi connectivity index (χ0) is 15.9. The van der Waals surface area contributed by atoms with Gasteiger partial charge in [-0.1, -0.05) is 6.92 Å². The smallest absolute Gasteiger partial charge is 0.227 e. The molecule has 1 aromatic heterocycles. The average molecular weight is 306 g/mol. The van der Waals surface area contributed by atoms with Crippen molar-refractivity contribution >= 4 is 11.8 Å². The molecule has 6 nitrogen and oxygen atoms in total. The summed E-state index contributed by atoms with van der Waals surface area (Å²) in [5.74, 6) is 1.94. The van der Waals surface area contributed by atoms with Crippen molar-refractivity contribution in [1.82, 2.24) is 20.2 Å². The van der Waals surface area contributed by atoms with Gasteiger partial charge in [0.05, 0.1) is 0 Å². The van der Waals surface area contributed by atoms with Crippen LogP contribution in [0.25, 0.3) is 0 Å². The maximum Gasteiger partial charge on any atom is 0.227 e. The Labute approximate surface area is 134 Å². The lowest BCUT2D eigenvalue weighted by Crippen LogP contribution is -2.45. The van der Waals surface area contributed by atoms with E-state index in [1.165, 1.54) is 0 Å². The maximum atomic E-state index is 4.85. The molecule has 0 radical (unpaired) electrons. The molecule has 0 aliphatic carbocycles. The molecule has 22 heavy (non-hydrogen) atoms. The van der Waals surface area contributed by atoms with E-state index in [2.05, 4.69) is 52.0 Å². The first-order chi connectivity index (χ1) is 10.6. The minimum atomic E-state index is 0.867. The zero-order valence-electron chi connectivity index (χ0n) is 14.5. The summed E-state index contributed by atoms with van der Waals surface area (Å²) in [7, 11) is 4.16. The van der Waals surface area contributed by atoms with Crippen LogP contribution < -0.4 is 15.1 Å². The summed E-state index contributed by atoms with van der Waals surface area (Å²) in [6.45, 7) is 11.4. The second-order valence-corrected chi connectivity index (χ2v) is 6.05. The van der Waals surface area contributed by atoms with Crippen molar-refractivity contribution in [2.75, 3.05) is 69.7 Å². The minimum Gasteiger partial charge on any atom is -0.354 e. The predicted molar refractivity (Wildman–Crippen MR) is 92.9 cm³/mol. The van der Waals surface area contributed by atoms with Gasteiger partial charge in [-0.05, 0) is 27.4 Å². The topological polar surface area (TPSA) is 47.5 Å². The monoisotopic (exact) mass is 306 g/mol. The number of hydrogen-bond donors (Lipinski definition) is 1. The largest absolute Gasteiger partial charge is 0.354 e. The van der Waals surface area contributed by atoms with Gasteiger partial charge in [0.15, 0.2) is 0 Å². The summed E-state index contributed by atoms with van der Waals surface area (Å²) in [4.78, 5) is 16.5. The van der Waals surface area contributed by atoms with Gasteiger partial charge in [0, 0.05) is 57.6 Å². The van der Waals surface area contributed by atoms with Gasteiger partial charge >= 0.3 is 0 Å². The molecule has 0 atom stereocenters. The molecular weight excluding hydrogens is 276 g/mol. The second kappa shape index (κ2) is 8.29. The lowest BCUT2D eigenvalue weighted by atomic mass is 10.3. The average Bonchev–Trinajstić information content (AvgIpc) is 2.51. The van der Waals surface area contributed by atoms with Crippen LogP contribution in [-0.2, 0) is 0 Å². The molecule has 0 amide bonds. The lowest BCUT2D eigenvalue weighted by Gasteiger charge is -2.34. The molecule has 0 saturated carbocycles. The number of nitrogens with one attached hydrogen (secondary N) is 1. The Morgan fingerprint density at radius 3 is 2.55 bits per heavy atom. The number of hydrogen-bond acceptors (Lipinski definition) is 6. The van der Waals surface area contributed by atoms with Crippen LogP contribution in [0.5, 0.6) is 0 Å². The molecule has 2 rings (SSSR count). The molecule has 1 fully saturated rings. The molecule has 124 valence electrons. The molecule has 0 bridgehead atoms. The van der Waals surface area contributed by atoms with Gasteiger partial charge in [-0.15, -0.1) is 0 Å². The summed E-state index contributed by atoms with van der Waals surface area (Å²) in [5, 5.41) is 3.21. The highest BCUT2D eigenvalue weighted by Gasteiger charge is 2.18. The van der Waals surface area contributed by atoms with Crippen molar-refractivity contribution in [1.29, 1.82) is 0 Å². The third-order valence-electron chi connectivity index (χ3n) is 4.06. The molecule has 1 aliphatic heterocycles. The van der Waals surface area contributed by atoms with E-state index < -0.39 is 0 Å². The Bertz CT molecular complexity index is 456. The van der Waals surface area contributed by atoms with Gasteiger partial charge in [-0.3, -0.25) is 0 Å². The molecule has 1 N–H and O–H groups in total. The van der Waals surface area contributed by atoms with E-state index in [1.54, 1.807) is 0 Å². The van der Waals surface area contributed by atoms with Gasteiger partial charge in [0.1, 0.15) is 5.82 Å². The van der Waals surface area contributed by atoms with E-state index in [9.17, 15) is 0 Å². The maximum absolute atomic E-state index is 4.85. The van der Waals surface area contributed by atoms with E-state index in [4.69, 9.17) is 4.98 Å². The molecule has 6 heteroatoms. The van der Waals surface area contributed by atoms with Crippen LogP contribution in [0.2, 0.25) is 0 Å². The van der Waals surface area contributed by atoms with Crippen LogP contribution >= 0.6 is 0 Å². The first-order valence-corrected chi connectivity index (χ1v) is 8.32. The van der Waals surface area contributed by atoms with Crippen LogP contribution in [0.15, 0.2) is 6.07 Å². The fourth-order valence-corrected chi connectivity index (χ4v) is 2.70. The highest BCUT2D eigenvalue weighted by atomic mass is 15.3. The van der Waals surface area contributed by atoms with Gasteiger partial charge in [0.25, 0.3) is 0 Å². The van der Waals surface area contributed by atoms with Gasteiger partial charge in [-0.2, -0.15) is 4.98 Å². The standard InChI is InChI=1S/C16H30N6/c1-5-7-22(8-6-17-3)16-18-14(2)13-15(19-16)21-11-9-20(4)10-12-21/h13,17H,5-12H2,1-4H3. The van der Waals surface area contributed by atoms with Crippen LogP contribution in [0.4, 0.5) is 11.8 Å². The number of rotatable bonds is 7. The number of likely N-dealkylation sites (N-methyl/N-ethyl adjacent to an activating group) is 2. The molecule has 2 heterocycles. The quantitative estimate of drug-likeness (QED) is 0.810. The van der Waals surface area contributed by atoms with Crippen LogP contribution in [0, 0.1) is 6.92 Å². The van der Waals surface area contributed by atoms with Crippen molar-refractivity contribution in [2.24, 2.45) is 0 Å². The number of aryl methyl sites for hydroxylation is 1. The van der Waals surface area contributed by atoms with Crippen molar-refractivity contribution in [3.63, 3.8) is 0 Å². The van der Waals surface area contributed by atoms with Crippen molar-refractivity contribution < 1.29 is 0 Å². The fourth-order valence-electron chi connectivity index (χ4n) is 2.70. The van der Waals surface area contributed by atoms with Gasteiger partial charge in [-0.25, -0.2) is 4.98 Å². The Hall–Kier alpha value is -1.40. The molecule has 1 aliphatic rings. The summed E-state index contributed by atoms with van der Waals surface area (Å²) < 4.78 is 0. The normalized spacial score (nSPS) is 16.1. The summed E-state index contributed by atoms with van der Waals surface area (Å²) in [6, 6.07) is 2.11. The molecule has 0 aromatic carbocycles. The zero-order valence-corrected chi connectivity index (χ0v) is 14.5. The Kier molecular flexibility index (Phi) is 6.39. The van der Waals surface area contributed by atoms with E-state index in [0.29, 0.717) is 0 Å². The Balaban J connectivity index is 2.17. The van der Waals surface area contributed by atoms with Crippen molar-refractivity contribution in [2.45, 2.75) is 20.3 Å². The van der Waals surface area contributed by atoms with E-state index in [1.807, 2.05) is 7.05 Å². The molecule has 0 unspecified atom stereocenters. The van der Waals surface area contributed by atoms with Gasteiger partial charge < -0.3 is 20.0 Å². The minimum absolute atomic E-state index is 0.867. The first kappa shape index (κ1) is 17.0. The van der Waals surface area contributed by atoms with E-state index >= 15 is 0 Å². The second-order valence-electron chi connectivity index (χ2n) is 6.05. The number of anilines is 2. The van der Waals surface area contributed by atoms with E-state index in [-0.39, 0.29) is 0 Å². The van der Waals surface area contributed by atoms with Gasteiger partial charge in [0.2, 0.25) is 5.95 Å². The molecular formula is C16H30N6. The summed E-state index contributed by atoms with van der Waals surface area (Å²) >= 11 is 0. The Morgan fingerprint density at radius 1 is 1.18 bits per heavy atom. The first-order valence-electron chi connectivity index (χ1n) is 8.32. The van der Waals surface area contributed by atoms with E-state index in [0.717, 1.165) is 69.7 Å². The Morgan fingerprint density at radius 2 is 1.91 bits per heavy atom. The fraction of sp³-hybridized carbons (Fsp3) is 0.750. The third kappa shape index (κ3) is 4.55. The predicted octanol–water partition coefficient (Wildman–Crippen LogP) is 0.973. The summed E-state index contributed by atoms with van der Waals surface area (Å²) in [6.07, 6.45) is 1.10. The van der Waals surface area contributed by atoms with Crippen molar-refractivity contribution in [3.8, 4) is 0 Å². The molecule has 0 spiro atoms. The highest BCUT2D eigenvalue weighted by Crippen LogP contribution is 2.19. The van der Waals surface area contributed by atoms with Crippen LogP contribution in [-0.4, -0.2) is 74.8 Å². The molecule has 1 aromatic rings. The third-order valence-corrected chi connectivity index (χ3v) is 4.06. The highest BCUT2D eigenvalue weighted by molar-refractivity contribution is 5.46. The van der Waals surface area contributed by atoms with Crippen molar-refractivity contribution in [3.05, 3.63) is 11.8 Å². The number of piperazine rings is 1. The number of nitrogens with zero attached hydrogens (tertiary/aromatic N) is 5. The lowest BCUT2D eigenvalue weighted by molar-refractivity contribution is 0.312. The molecule has 1 saturated heterocycles. The SMILES string of the molecule is CCCN(CCNC)c1nc(C)cc(N2CCN(C)CC2)n1. The summed E-state index contributed by atoms with van der Waals surface area (Å²) in [5.41, 5.74) is 1.05. The van der Waals surface area contributed by atoms with Crippen LogP contribution in [0.1, 0.15) is 19.0 Å².